The zero-order chi connectivity index (χ0) is 13.5. The highest BCUT2D eigenvalue weighted by molar-refractivity contribution is 6.31. The maximum Gasteiger partial charge on any atom is 0.305 e. The number of ether oxygens (including phenoxy) is 1. The predicted octanol–water partition coefficient (Wildman–Crippen LogP) is 3.40. The largest absolute Gasteiger partial charge is 0.466 e. The summed E-state index contributed by atoms with van der Waals surface area (Å²) in [7, 11) is 0. The van der Waals surface area contributed by atoms with Crippen LogP contribution in [0.2, 0.25) is 5.02 Å². The van der Waals surface area contributed by atoms with Gasteiger partial charge in [-0.25, -0.2) is 4.39 Å². The first kappa shape index (κ1) is 14.6. The molecule has 0 amide bonds. The summed E-state index contributed by atoms with van der Waals surface area (Å²) >= 11 is 5.65. The third-order valence-electron chi connectivity index (χ3n) is 2.27. The van der Waals surface area contributed by atoms with E-state index >= 15 is 0 Å². The first-order valence-corrected chi connectivity index (χ1v) is 6.05. The number of hydrogen-bond donors (Lipinski definition) is 0. The van der Waals surface area contributed by atoms with Crippen LogP contribution in [0.1, 0.15) is 36.5 Å². The topological polar surface area (TPSA) is 43.4 Å². The summed E-state index contributed by atoms with van der Waals surface area (Å²) in [5.74, 6) is -1.11. The molecule has 0 aliphatic rings. The zero-order valence-corrected chi connectivity index (χ0v) is 10.8. The van der Waals surface area contributed by atoms with Crippen LogP contribution in [-0.4, -0.2) is 18.4 Å². The predicted molar refractivity (Wildman–Crippen MR) is 66.2 cm³/mol. The summed E-state index contributed by atoms with van der Waals surface area (Å²) in [5, 5.41) is 0.184. The van der Waals surface area contributed by atoms with E-state index in [1.54, 1.807) is 6.92 Å². The van der Waals surface area contributed by atoms with E-state index in [-0.39, 0.29) is 35.2 Å². The van der Waals surface area contributed by atoms with Crippen molar-refractivity contribution in [1.82, 2.24) is 0 Å². The molecular formula is C13H14ClFO3. The monoisotopic (exact) mass is 272 g/mol. The molecule has 0 saturated heterocycles. The van der Waals surface area contributed by atoms with Gasteiger partial charge >= 0.3 is 5.97 Å². The molecule has 1 aromatic rings. The van der Waals surface area contributed by atoms with E-state index < -0.39 is 5.82 Å². The average Bonchev–Trinajstić information content (AvgIpc) is 2.27. The Morgan fingerprint density at radius 1 is 1.28 bits per heavy atom. The fraction of sp³-hybridized carbons (Fsp3) is 0.385. The van der Waals surface area contributed by atoms with Crippen molar-refractivity contribution in [3.63, 3.8) is 0 Å². The van der Waals surface area contributed by atoms with Gasteiger partial charge < -0.3 is 4.74 Å². The van der Waals surface area contributed by atoms with E-state index in [0.29, 0.717) is 13.0 Å². The lowest BCUT2D eigenvalue weighted by atomic mass is 10.1. The number of ketones is 1. The van der Waals surface area contributed by atoms with Crippen LogP contribution in [-0.2, 0) is 9.53 Å². The second-order valence-electron chi connectivity index (χ2n) is 3.74. The Labute approximate surface area is 110 Å². The van der Waals surface area contributed by atoms with Crippen LogP contribution in [0.15, 0.2) is 18.2 Å². The Bertz CT molecular complexity index is 426. The molecule has 0 heterocycles. The lowest BCUT2D eigenvalue weighted by Crippen LogP contribution is -2.06. The van der Waals surface area contributed by atoms with Crippen LogP contribution in [0.5, 0.6) is 0 Å². The Hall–Kier alpha value is -1.42. The van der Waals surface area contributed by atoms with E-state index in [9.17, 15) is 14.0 Å². The van der Waals surface area contributed by atoms with Crippen LogP contribution in [0.3, 0.4) is 0 Å². The number of benzene rings is 1. The van der Waals surface area contributed by atoms with Gasteiger partial charge in [0, 0.05) is 23.4 Å². The fourth-order valence-electron chi connectivity index (χ4n) is 1.49. The van der Waals surface area contributed by atoms with E-state index in [1.165, 1.54) is 6.07 Å². The highest BCUT2D eigenvalue weighted by Crippen LogP contribution is 2.16. The minimum Gasteiger partial charge on any atom is -0.466 e. The first-order valence-electron chi connectivity index (χ1n) is 5.68. The van der Waals surface area contributed by atoms with Crippen LogP contribution in [0.25, 0.3) is 0 Å². The van der Waals surface area contributed by atoms with Gasteiger partial charge in [0.05, 0.1) is 6.61 Å². The molecular weight excluding hydrogens is 259 g/mol. The van der Waals surface area contributed by atoms with E-state index in [4.69, 9.17) is 16.3 Å². The lowest BCUT2D eigenvalue weighted by Gasteiger charge is -2.03. The number of halogens is 2. The minimum absolute atomic E-state index is 0.165. The van der Waals surface area contributed by atoms with Gasteiger partial charge in [-0.3, -0.25) is 9.59 Å². The molecule has 0 aliphatic carbocycles. The molecule has 98 valence electrons. The summed E-state index contributed by atoms with van der Waals surface area (Å²) in [5.41, 5.74) is 0.226. The van der Waals surface area contributed by atoms with Crippen molar-refractivity contribution < 1.29 is 18.7 Å². The van der Waals surface area contributed by atoms with Crippen molar-refractivity contribution in [3.05, 3.63) is 34.6 Å². The van der Waals surface area contributed by atoms with Crippen LogP contribution >= 0.6 is 11.6 Å². The zero-order valence-electron chi connectivity index (χ0n) is 10.0. The summed E-state index contributed by atoms with van der Waals surface area (Å²) < 4.78 is 17.8. The molecule has 0 unspecified atom stereocenters. The van der Waals surface area contributed by atoms with Crippen molar-refractivity contribution in [2.75, 3.05) is 6.61 Å². The molecule has 0 bridgehead atoms. The second-order valence-corrected chi connectivity index (χ2v) is 4.18. The Balaban J connectivity index is 2.48. The minimum atomic E-state index is -0.545. The third kappa shape index (κ3) is 4.84. The smallest absolute Gasteiger partial charge is 0.305 e. The van der Waals surface area contributed by atoms with Gasteiger partial charge in [-0.1, -0.05) is 11.6 Å². The number of rotatable bonds is 6. The molecule has 18 heavy (non-hydrogen) atoms. The normalized spacial score (nSPS) is 10.2. The average molecular weight is 273 g/mol. The fourth-order valence-corrected chi connectivity index (χ4v) is 1.71. The molecule has 1 rings (SSSR count). The van der Waals surface area contributed by atoms with Gasteiger partial charge in [0.2, 0.25) is 0 Å². The quantitative estimate of drug-likeness (QED) is 0.589. The summed E-state index contributed by atoms with van der Waals surface area (Å²) in [6.45, 7) is 2.05. The van der Waals surface area contributed by atoms with Crippen LogP contribution in [0.4, 0.5) is 4.39 Å². The number of carbonyl (C=O) groups is 2. The summed E-state index contributed by atoms with van der Waals surface area (Å²) in [6.07, 6.45) is 0.729. The Morgan fingerprint density at radius 2 is 2.00 bits per heavy atom. The van der Waals surface area contributed by atoms with Crippen LogP contribution in [0, 0.1) is 5.82 Å². The molecule has 0 N–H and O–H groups in total. The van der Waals surface area contributed by atoms with Crippen molar-refractivity contribution >= 4 is 23.4 Å². The second kappa shape index (κ2) is 7.11. The van der Waals surface area contributed by atoms with Crippen molar-refractivity contribution in [3.8, 4) is 0 Å². The first-order chi connectivity index (χ1) is 8.52. The maximum absolute atomic E-state index is 13.0. The van der Waals surface area contributed by atoms with Crippen molar-refractivity contribution in [2.45, 2.75) is 26.2 Å². The Kier molecular flexibility index (Phi) is 5.78. The number of esters is 1. The van der Waals surface area contributed by atoms with Gasteiger partial charge in [-0.05, 0) is 31.5 Å². The molecule has 1 aromatic carbocycles. The van der Waals surface area contributed by atoms with Gasteiger partial charge in [0.1, 0.15) is 5.82 Å². The highest BCUT2D eigenvalue weighted by atomic mass is 35.5. The van der Waals surface area contributed by atoms with Crippen molar-refractivity contribution in [1.29, 1.82) is 0 Å². The highest BCUT2D eigenvalue weighted by Gasteiger charge is 2.10. The maximum atomic E-state index is 13.0. The van der Waals surface area contributed by atoms with Crippen LogP contribution < -0.4 is 0 Å². The van der Waals surface area contributed by atoms with Gasteiger partial charge in [-0.2, -0.15) is 0 Å². The van der Waals surface area contributed by atoms with Gasteiger partial charge in [0.25, 0.3) is 0 Å². The lowest BCUT2D eigenvalue weighted by molar-refractivity contribution is -0.143. The molecule has 0 saturated carbocycles. The summed E-state index contributed by atoms with van der Waals surface area (Å²) in [6, 6.07) is 3.69. The molecule has 0 aliphatic heterocycles. The SMILES string of the molecule is CCOC(=O)CCCC(=O)c1cc(F)cc(Cl)c1. The third-order valence-corrected chi connectivity index (χ3v) is 2.49. The molecule has 0 radical (unpaired) electrons. The van der Waals surface area contributed by atoms with Gasteiger partial charge in [0.15, 0.2) is 5.78 Å². The number of carbonyl (C=O) groups excluding carboxylic acids is 2. The molecule has 0 atom stereocenters. The Morgan fingerprint density at radius 3 is 2.61 bits per heavy atom. The van der Waals surface area contributed by atoms with Gasteiger partial charge in [-0.15, -0.1) is 0 Å². The van der Waals surface area contributed by atoms with E-state index in [2.05, 4.69) is 0 Å². The number of Topliss-reactive ketones (excluding diaryl/α,β-unsaturated/α-hetero) is 1. The standard InChI is InChI=1S/C13H14ClFO3/c1-2-18-13(17)5-3-4-12(16)9-6-10(14)8-11(15)7-9/h6-8H,2-5H2,1H3. The molecule has 5 heteroatoms. The van der Waals surface area contributed by atoms with E-state index in [1.807, 2.05) is 0 Å². The molecule has 0 aromatic heterocycles. The number of hydrogen-bond acceptors (Lipinski definition) is 3. The molecule has 0 fully saturated rings. The molecule has 0 spiro atoms. The van der Waals surface area contributed by atoms with E-state index in [0.717, 1.165) is 12.1 Å². The molecule has 3 nitrogen and oxygen atoms in total. The summed E-state index contributed by atoms with van der Waals surface area (Å²) in [4.78, 5) is 22.8. The van der Waals surface area contributed by atoms with Crippen molar-refractivity contribution in [2.24, 2.45) is 0 Å².